The Labute approximate surface area is 190 Å². The first-order valence-corrected chi connectivity index (χ1v) is 11.2. The molecular weight excluding hydrogens is 423 g/mol. The Balaban J connectivity index is 1.43. The van der Waals surface area contributed by atoms with Gasteiger partial charge in [0.15, 0.2) is 0 Å². The van der Waals surface area contributed by atoms with E-state index in [1.54, 1.807) is 55.1 Å². The maximum absolute atomic E-state index is 13.7. The van der Waals surface area contributed by atoms with Crippen LogP contribution in [0.2, 0.25) is 0 Å². The minimum atomic E-state index is -0.353. The summed E-state index contributed by atoms with van der Waals surface area (Å²) >= 11 is 1.71. The number of nitrogens with one attached hydrogen (secondary N) is 1. The molecule has 1 N–H and O–H groups in total. The number of aromatic nitrogens is 1. The number of benzene rings is 3. The van der Waals surface area contributed by atoms with Crippen molar-refractivity contribution in [3.63, 3.8) is 0 Å². The van der Waals surface area contributed by atoms with Crippen molar-refractivity contribution in [2.45, 2.75) is 31.4 Å². The van der Waals surface area contributed by atoms with Gasteiger partial charge in [-0.05, 0) is 74.9 Å². The quantitative estimate of drug-likeness (QED) is 0.326. The normalized spacial score (nSPS) is 10.9. The van der Waals surface area contributed by atoms with E-state index in [4.69, 9.17) is 4.42 Å². The first-order valence-electron chi connectivity index (χ1n) is 10.2. The Bertz CT molecular complexity index is 1250. The van der Waals surface area contributed by atoms with Crippen molar-refractivity contribution >= 4 is 23.4 Å². The zero-order valence-electron chi connectivity index (χ0n) is 18.1. The third kappa shape index (κ3) is 5.08. The van der Waals surface area contributed by atoms with Crippen LogP contribution in [-0.2, 0) is 5.75 Å². The molecular formula is C26H23FN2O2S. The van der Waals surface area contributed by atoms with E-state index in [-0.39, 0.29) is 11.7 Å². The van der Waals surface area contributed by atoms with Crippen molar-refractivity contribution in [1.29, 1.82) is 0 Å². The molecule has 0 saturated carbocycles. The van der Waals surface area contributed by atoms with E-state index in [1.807, 2.05) is 6.92 Å². The van der Waals surface area contributed by atoms with Crippen LogP contribution >= 0.6 is 11.8 Å². The number of nitrogens with zero attached hydrogens (tertiary/aromatic N) is 1. The highest BCUT2D eigenvalue weighted by Gasteiger charge is 2.13. The second kappa shape index (κ2) is 9.40. The Morgan fingerprint density at radius 2 is 1.72 bits per heavy atom. The molecule has 0 aliphatic heterocycles. The standard InChI is InChI=1S/C26H23FN2O2S/c1-16-4-12-22(13-5-16)32-15-24-18(3)31-26(29-24)20-9-7-19(8-10-20)25(30)28-21-11-6-17(2)23(27)14-21/h4-14H,15H2,1-3H3,(H,28,30). The molecule has 0 aliphatic rings. The van der Waals surface area contributed by atoms with Crippen LogP contribution in [0.5, 0.6) is 0 Å². The largest absolute Gasteiger partial charge is 0.441 e. The first-order chi connectivity index (χ1) is 15.4. The fourth-order valence-corrected chi connectivity index (χ4v) is 4.01. The van der Waals surface area contributed by atoms with Gasteiger partial charge in [-0.3, -0.25) is 4.79 Å². The highest BCUT2D eigenvalue weighted by Crippen LogP contribution is 2.28. The van der Waals surface area contributed by atoms with Gasteiger partial charge in [0, 0.05) is 27.5 Å². The molecule has 0 saturated heterocycles. The molecule has 6 heteroatoms. The van der Waals surface area contributed by atoms with Gasteiger partial charge in [-0.1, -0.05) is 23.8 Å². The average Bonchev–Trinajstić information content (AvgIpc) is 3.16. The van der Waals surface area contributed by atoms with E-state index in [1.165, 1.54) is 16.5 Å². The van der Waals surface area contributed by atoms with Gasteiger partial charge in [0.1, 0.15) is 11.6 Å². The maximum Gasteiger partial charge on any atom is 0.255 e. The zero-order chi connectivity index (χ0) is 22.7. The number of carbonyl (C=O) groups is 1. The average molecular weight is 447 g/mol. The minimum absolute atomic E-state index is 0.307. The molecule has 0 radical (unpaired) electrons. The van der Waals surface area contributed by atoms with Crippen LogP contribution in [0.3, 0.4) is 0 Å². The van der Waals surface area contributed by atoms with Gasteiger partial charge in [0.25, 0.3) is 5.91 Å². The van der Waals surface area contributed by atoms with Crippen molar-refractivity contribution in [3.05, 3.63) is 101 Å². The van der Waals surface area contributed by atoms with Crippen molar-refractivity contribution in [3.8, 4) is 11.5 Å². The third-order valence-electron chi connectivity index (χ3n) is 5.11. The van der Waals surface area contributed by atoms with Crippen LogP contribution in [0, 0.1) is 26.6 Å². The summed E-state index contributed by atoms with van der Waals surface area (Å²) in [5, 5.41) is 2.71. The number of hydrogen-bond donors (Lipinski definition) is 1. The van der Waals surface area contributed by atoms with E-state index in [2.05, 4.69) is 41.5 Å². The molecule has 32 heavy (non-hydrogen) atoms. The third-order valence-corrected chi connectivity index (χ3v) is 6.14. The lowest BCUT2D eigenvalue weighted by molar-refractivity contribution is 0.102. The van der Waals surface area contributed by atoms with Crippen LogP contribution in [0.25, 0.3) is 11.5 Å². The SMILES string of the molecule is Cc1ccc(SCc2nc(-c3ccc(C(=O)Nc4ccc(C)c(F)c4)cc3)oc2C)cc1. The lowest BCUT2D eigenvalue weighted by Crippen LogP contribution is -2.12. The van der Waals surface area contributed by atoms with Gasteiger partial charge < -0.3 is 9.73 Å². The highest BCUT2D eigenvalue weighted by molar-refractivity contribution is 7.98. The number of hydrogen-bond acceptors (Lipinski definition) is 4. The summed E-state index contributed by atoms with van der Waals surface area (Å²) in [6.45, 7) is 5.65. The molecule has 1 heterocycles. The molecule has 162 valence electrons. The molecule has 3 aromatic carbocycles. The second-order valence-electron chi connectivity index (χ2n) is 7.62. The van der Waals surface area contributed by atoms with Crippen molar-refractivity contribution in [2.24, 2.45) is 0 Å². The molecule has 1 amide bonds. The number of carbonyl (C=O) groups excluding carboxylic acids is 1. The molecule has 4 aromatic rings. The van der Waals surface area contributed by atoms with Crippen LogP contribution in [0.15, 0.2) is 76.0 Å². The Kier molecular flexibility index (Phi) is 6.42. The predicted molar refractivity (Wildman–Crippen MR) is 127 cm³/mol. The summed E-state index contributed by atoms with van der Waals surface area (Å²) in [6.07, 6.45) is 0. The lowest BCUT2D eigenvalue weighted by atomic mass is 10.1. The summed E-state index contributed by atoms with van der Waals surface area (Å²) < 4.78 is 19.6. The van der Waals surface area contributed by atoms with Crippen LogP contribution < -0.4 is 5.32 Å². The zero-order valence-corrected chi connectivity index (χ0v) is 18.9. The van der Waals surface area contributed by atoms with Gasteiger partial charge in [0.2, 0.25) is 5.89 Å². The van der Waals surface area contributed by atoms with Crippen LogP contribution in [-0.4, -0.2) is 10.9 Å². The van der Waals surface area contributed by atoms with E-state index in [0.717, 1.165) is 17.0 Å². The van der Waals surface area contributed by atoms with E-state index in [0.29, 0.717) is 28.5 Å². The van der Waals surface area contributed by atoms with E-state index >= 15 is 0 Å². The molecule has 0 unspecified atom stereocenters. The van der Waals surface area contributed by atoms with Crippen molar-refractivity contribution in [1.82, 2.24) is 4.98 Å². The smallest absolute Gasteiger partial charge is 0.255 e. The number of thioether (sulfide) groups is 1. The van der Waals surface area contributed by atoms with Gasteiger partial charge >= 0.3 is 0 Å². The summed E-state index contributed by atoms with van der Waals surface area (Å²) in [5.41, 5.74) is 4.34. The molecule has 0 bridgehead atoms. The minimum Gasteiger partial charge on any atom is -0.441 e. The summed E-state index contributed by atoms with van der Waals surface area (Å²) in [6, 6.07) is 20.0. The molecule has 0 spiro atoms. The fraction of sp³-hybridized carbons (Fsp3) is 0.154. The molecule has 1 aromatic heterocycles. The number of oxazole rings is 1. The van der Waals surface area contributed by atoms with Gasteiger partial charge in [-0.15, -0.1) is 11.8 Å². The Morgan fingerprint density at radius 3 is 2.41 bits per heavy atom. The summed E-state index contributed by atoms with van der Waals surface area (Å²) in [7, 11) is 0. The van der Waals surface area contributed by atoms with Crippen molar-refractivity contribution in [2.75, 3.05) is 5.32 Å². The number of anilines is 1. The Hall–Kier alpha value is -3.38. The fourth-order valence-electron chi connectivity index (χ4n) is 3.11. The summed E-state index contributed by atoms with van der Waals surface area (Å²) in [4.78, 5) is 18.3. The van der Waals surface area contributed by atoms with E-state index in [9.17, 15) is 9.18 Å². The van der Waals surface area contributed by atoms with Gasteiger partial charge in [-0.2, -0.15) is 0 Å². The van der Waals surface area contributed by atoms with Gasteiger partial charge in [-0.25, -0.2) is 9.37 Å². The number of aryl methyl sites for hydroxylation is 3. The summed E-state index contributed by atoms with van der Waals surface area (Å²) in [5.74, 6) is 1.36. The molecule has 4 rings (SSSR count). The predicted octanol–water partition coefficient (Wildman–Crippen LogP) is 6.95. The van der Waals surface area contributed by atoms with E-state index < -0.39 is 0 Å². The lowest BCUT2D eigenvalue weighted by Gasteiger charge is -2.07. The van der Waals surface area contributed by atoms with Crippen LogP contribution in [0.4, 0.5) is 10.1 Å². The monoisotopic (exact) mass is 446 g/mol. The van der Waals surface area contributed by atoms with Crippen LogP contribution in [0.1, 0.15) is 32.9 Å². The second-order valence-corrected chi connectivity index (χ2v) is 8.67. The Morgan fingerprint density at radius 1 is 1.00 bits per heavy atom. The molecule has 4 nitrogen and oxygen atoms in total. The maximum atomic E-state index is 13.7. The van der Waals surface area contributed by atoms with Crippen molar-refractivity contribution < 1.29 is 13.6 Å². The first kappa shape index (κ1) is 21.8. The molecule has 0 atom stereocenters. The van der Waals surface area contributed by atoms with Gasteiger partial charge in [0.05, 0.1) is 5.69 Å². The molecule has 0 fully saturated rings. The number of rotatable bonds is 6. The highest BCUT2D eigenvalue weighted by atomic mass is 32.2. The number of amides is 1. The molecule has 0 aliphatic carbocycles. The number of halogens is 1. The topological polar surface area (TPSA) is 55.1 Å².